The van der Waals surface area contributed by atoms with E-state index in [1.807, 2.05) is 13.3 Å². The number of allylic oxidation sites excluding steroid dienone is 16. The summed E-state index contributed by atoms with van der Waals surface area (Å²) in [4.78, 5) is 0. The van der Waals surface area contributed by atoms with E-state index in [-0.39, 0.29) is 24.8 Å². The Morgan fingerprint density at radius 1 is 0.421 bits per heavy atom. The van der Waals surface area contributed by atoms with Crippen molar-refractivity contribution in [3.8, 4) is 0 Å². The largest absolute Gasteiger partial charge is 1.00 e. The maximum atomic E-state index is 2.60. The Morgan fingerprint density at radius 3 is 0.711 bits per heavy atom. The fraction of sp³-hybridized carbons (Fsp3) is 0.500. The van der Waals surface area contributed by atoms with Gasteiger partial charge < -0.3 is 24.8 Å². The molecule has 0 nitrogen and oxygen atoms in total. The summed E-state index contributed by atoms with van der Waals surface area (Å²) in [5.74, 6) is -0.985. The molecule has 0 aliphatic heterocycles. The maximum Gasteiger partial charge on any atom is -1.00 e. The zero-order chi connectivity index (χ0) is 26.9. The van der Waals surface area contributed by atoms with E-state index in [1.54, 1.807) is 44.6 Å². The molecule has 0 saturated carbocycles. The van der Waals surface area contributed by atoms with Crippen LogP contribution in [0.2, 0.25) is 26.2 Å². The van der Waals surface area contributed by atoms with Gasteiger partial charge in [-0.05, 0) is 0 Å². The van der Waals surface area contributed by atoms with Crippen LogP contribution in [0.25, 0.3) is 0 Å². The van der Waals surface area contributed by atoms with Crippen molar-refractivity contribution < 1.29 is 66.0 Å². The molecular weight excluding hydrogens is 868 g/mol. The van der Waals surface area contributed by atoms with E-state index in [9.17, 15) is 0 Å². The van der Waals surface area contributed by atoms with Gasteiger partial charge in [0.25, 0.3) is 0 Å². The zero-order valence-corrected chi connectivity index (χ0v) is 37.1. The molecule has 38 heavy (non-hydrogen) atoms. The first-order valence-corrected chi connectivity index (χ1v) is 39.5. The second kappa shape index (κ2) is 15.8. The first-order valence-electron chi connectivity index (χ1n) is 14.1. The molecule has 0 bridgehead atoms. The maximum absolute atomic E-state index is 2.60. The standard InChI is InChI=1S/4C7H9.2C2H7Si.2ClH.2Hf/c4*1-6-4-3-5-7(6)2;2*1-3-2;;;;/h4*4H,3H2,1-2H3;2*3H,1-2H3;2*1H;;/q;;;;;;;;2*+1/p-2. The summed E-state index contributed by atoms with van der Waals surface area (Å²) < 4.78 is 7.77. The predicted molar refractivity (Wildman–Crippen MR) is 162 cm³/mol. The van der Waals surface area contributed by atoms with E-state index in [2.05, 4.69) is 106 Å². The van der Waals surface area contributed by atoms with Gasteiger partial charge >= 0.3 is 243 Å². The minimum atomic E-state index is -1.66. The molecule has 0 aromatic rings. The van der Waals surface area contributed by atoms with Crippen LogP contribution in [0.15, 0.2) is 82.2 Å². The van der Waals surface area contributed by atoms with Crippen LogP contribution in [0.1, 0.15) is 81.1 Å². The van der Waals surface area contributed by atoms with Gasteiger partial charge in [0.2, 0.25) is 0 Å². The Balaban J connectivity index is 0.000000361. The first-order chi connectivity index (χ1) is 16.9. The summed E-state index contributed by atoms with van der Waals surface area (Å²) in [6.07, 6.45) is 15.0. The van der Waals surface area contributed by atoms with Gasteiger partial charge in [-0.15, -0.1) is 0 Å². The molecule has 0 aromatic heterocycles. The van der Waals surface area contributed by atoms with Crippen molar-refractivity contribution in [2.75, 3.05) is 0 Å². The smallest absolute Gasteiger partial charge is 1.00 e. The van der Waals surface area contributed by atoms with Crippen molar-refractivity contribution in [2.45, 2.75) is 107 Å². The Morgan fingerprint density at radius 2 is 0.605 bits per heavy atom. The summed E-state index contributed by atoms with van der Waals surface area (Å²) in [6, 6.07) is 0. The molecule has 0 atom stereocenters. The molecule has 0 fully saturated rings. The second-order valence-electron chi connectivity index (χ2n) is 11.9. The normalized spacial score (nSPS) is 18.9. The van der Waals surface area contributed by atoms with Crippen LogP contribution in [0, 0.1) is 0 Å². The van der Waals surface area contributed by atoms with Gasteiger partial charge in [-0.3, -0.25) is 0 Å². The van der Waals surface area contributed by atoms with E-state index in [1.165, 1.54) is 25.7 Å². The Hall–Kier alpha value is 0.674. The van der Waals surface area contributed by atoms with Crippen LogP contribution in [0.5, 0.6) is 0 Å². The molecule has 0 amide bonds. The molecule has 6 heteroatoms. The van der Waals surface area contributed by atoms with E-state index in [0.29, 0.717) is 0 Å². The van der Waals surface area contributed by atoms with Crippen molar-refractivity contribution in [2.24, 2.45) is 0 Å². The number of hydrogen-bond acceptors (Lipinski definition) is 0. The topological polar surface area (TPSA) is 0 Å². The molecule has 4 aliphatic rings. The summed E-state index contributed by atoms with van der Waals surface area (Å²) in [5, 5.41) is 0. The van der Waals surface area contributed by atoms with Gasteiger partial charge in [0, 0.05) is 0 Å². The van der Waals surface area contributed by atoms with Crippen molar-refractivity contribution >= 4 is 12.0 Å². The number of hydrogen-bond donors (Lipinski definition) is 0. The molecule has 0 saturated heterocycles. The van der Waals surface area contributed by atoms with Crippen LogP contribution in [-0.2, 0) is 41.2 Å². The Kier molecular flexibility index (Phi) is 15.2. The van der Waals surface area contributed by atoms with Crippen LogP contribution in [-0.4, -0.2) is 12.0 Å². The summed E-state index contributed by atoms with van der Waals surface area (Å²) in [5.41, 5.74) is 12.9. The van der Waals surface area contributed by atoms with E-state index >= 15 is 0 Å². The average molecular weight is 919 g/mol. The third-order valence-electron chi connectivity index (χ3n) is 9.08. The molecule has 4 rings (SSSR count). The van der Waals surface area contributed by atoms with Crippen molar-refractivity contribution in [3.63, 3.8) is 0 Å². The molecule has 4 aliphatic carbocycles. The summed E-state index contributed by atoms with van der Waals surface area (Å²) >= 11 is -3.32. The van der Waals surface area contributed by atoms with Gasteiger partial charge in [-0.2, -0.15) is 0 Å². The van der Waals surface area contributed by atoms with Gasteiger partial charge in [0.1, 0.15) is 0 Å². The molecular formula is C32H50Cl2Hf2Si2. The molecule has 0 aromatic carbocycles. The fourth-order valence-electron chi connectivity index (χ4n) is 6.20. The molecule has 0 unspecified atom stereocenters. The molecule has 208 valence electrons. The van der Waals surface area contributed by atoms with E-state index < -0.39 is 53.2 Å². The second-order valence-corrected chi connectivity index (χ2v) is 65.5. The van der Waals surface area contributed by atoms with Gasteiger partial charge in [0.05, 0.1) is 0 Å². The third-order valence-corrected chi connectivity index (χ3v) is 65.4. The van der Waals surface area contributed by atoms with E-state index in [0.717, 1.165) is 0 Å². The van der Waals surface area contributed by atoms with Gasteiger partial charge in [-0.25, -0.2) is 0 Å². The Bertz CT molecular complexity index is 998. The monoisotopic (exact) mass is 920 g/mol. The third kappa shape index (κ3) is 7.94. The molecule has 0 radical (unpaired) electrons. The number of halogens is 2. The summed E-state index contributed by atoms with van der Waals surface area (Å²) in [6.45, 7) is 29.1. The van der Waals surface area contributed by atoms with Gasteiger partial charge in [-0.1, -0.05) is 0 Å². The zero-order valence-electron chi connectivity index (χ0n) is 26.0. The SMILES string of the molecule is CC1=CC[C]([Hf+]([C]2=C(C)C(C)=CC2)[SiH](C)C)=C1C.CC1=CC[C]([Hf+]([C]2=C(C)C(C)=CC2)[SiH](C)C)=C1C.[Cl-].[Cl-]. The average Bonchev–Trinajstić information content (AvgIpc) is 3.53. The van der Waals surface area contributed by atoms with E-state index in [4.69, 9.17) is 0 Å². The fourth-order valence-corrected chi connectivity index (χ4v) is 65.9. The van der Waals surface area contributed by atoms with Crippen LogP contribution in [0.3, 0.4) is 0 Å². The van der Waals surface area contributed by atoms with Crippen molar-refractivity contribution in [3.05, 3.63) is 82.2 Å². The molecule has 0 heterocycles. The van der Waals surface area contributed by atoms with Crippen molar-refractivity contribution in [1.29, 1.82) is 0 Å². The number of rotatable bonds is 6. The van der Waals surface area contributed by atoms with Gasteiger partial charge in [0.15, 0.2) is 0 Å². The van der Waals surface area contributed by atoms with Crippen LogP contribution >= 0.6 is 0 Å². The van der Waals surface area contributed by atoms with Crippen LogP contribution < -0.4 is 24.8 Å². The van der Waals surface area contributed by atoms with Crippen molar-refractivity contribution in [1.82, 2.24) is 0 Å². The predicted octanol–water partition coefficient (Wildman–Crippen LogP) is 3.68. The Labute approximate surface area is 264 Å². The first kappa shape index (κ1) is 36.7. The minimum Gasteiger partial charge on any atom is -1.00 e. The summed E-state index contributed by atoms with van der Waals surface area (Å²) in [7, 11) is 0. The minimum absolute atomic E-state index is 0. The quantitative estimate of drug-likeness (QED) is 0.358. The van der Waals surface area contributed by atoms with Crippen LogP contribution in [0.4, 0.5) is 0 Å². The molecule has 0 spiro atoms. The molecule has 0 N–H and O–H groups in total.